The van der Waals surface area contributed by atoms with Crippen LogP contribution in [0.1, 0.15) is 30.7 Å². The average Bonchev–Trinajstić information content (AvgIpc) is 3.04. The van der Waals surface area contributed by atoms with Crippen LogP contribution < -0.4 is 15.2 Å². The van der Waals surface area contributed by atoms with Crippen molar-refractivity contribution in [3.05, 3.63) is 11.4 Å². The molecule has 1 saturated carbocycles. The molecule has 0 saturated heterocycles. The molecule has 1 aliphatic rings. The number of methoxy groups -OCH3 is 2. The molecule has 0 aliphatic heterocycles. The first-order chi connectivity index (χ1) is 8.08. The van der Waals surface area contributed by atoms with E-state index in [1.807, 2.05) is 6.92 Å². The van der Waals surface area contributed by atoms with Gasteiger partial charge in [0.05, 0.1) is 25.6 Å². The van der Waals surface area contributed by atoms with Crippen LogP contribution in [0.4, 0.5) is 0 Å². The number of rotatable bonds is 5. The first-order valence-electron chi connectivity index (χ1n) is 5.82. The lowest BCUT2D eigenvalue weighted by Crippen LogP contribution is -2.22. The molecule has 0 bridgehead atoms. The van der Waals surface area contributed by atoms with Crippen molar-refractivity contribution in [3.63, 3.8) is 0 Å². The van der Waals surface area contributed by atoms with E-state index in [4.69, 9.17) is 15.2 Å². The lowest BCUT2D eigenvalue weighted by molar-refractivity contribution is 0.360. The highest BCUT2D eigenvalue weighted by Gasteiger charge is 2.37. The van der Waals surface area contributed by atoms with Gasteiger partial charge >= 0.3 is 6.01 Å². The summed E-state index contributed by atoms with van der Waals surface area (Å²) in [4.78, 5) is 8.53. The Morgan fingerprint density at radius 3 is 2.47 bits per heavy atom. The first-order valence-corrected chi connectivity index (χ1v) is 5.82. The maximum absolute atomic E-state index is 6.08. The van der Waals surface area contributed by atoms with Crippen molar-refractivity contribution in [1.82, 2.24) is 9.97 Å². The van der Waals surface area contributed by atoms with E-state index < -0.39 is 0 Å². The highest BCUT2D eigenvalue weighted by molar-refractivity contribution is 5.34. The first kappa shape index (κ1) is 12.1. The third kappa shape index (κ3) is 2.66. The van der Waals surface area contributed by atoms with Crippen LogP contribution in [0, 0.1) is 6.92 Å². The highest BCUT2D eigenvalue weighted by atomic mass is 16.5. The van der Waals surface area contributed by atoms with E-state index in [2.05, 4.69) is 9.97 Å². The third-order valence-corrected chi connectivity index (χ3v) is 3.22. The Morgan fingerprint density at radius 1 is 1.24 bits per heavy atom. The van der Waals surface area contributed by atoms with Crippen LogP contribution >= 0.6 is 0 Å². The van der Waals surface area contributed by atoms with E-state index in [0.29, 0.717) is 6.01 Å². The van der Waals surface area contributed by atoms with Crippen molar-refractivity contribution in [3.8, 4) is 11.8 Å². The van der Waals surface area contributed by atoms with Crippen LogP contribution in [0.15, 0.2) is 0 Å². The van der Waals surface area contributed by atoms with Gasteiger partial charge < -0.3 is 15.2 Å². The molecule has 0 aromatic carbocycles. The molecule has 1 fully saturated rings. The van der Waals surface area contributed by atoms with E-state index >= 15 is 0 Å². The van der Waals surface area contributed by atoms with E-state index in [1.165, 1.54) is 0 Å². The molecule has 0 spiro atoms. The predicted molar refractivity (Wildman–Crippen MR) is 64.3 cm³/mol. The normalized spacial score (nSPS) is 16.7. The standard InChI is InChI=1S/C12H19N3O2/c1-8-10(16-2)9(15-11(14-8)17-3)4-5-12(13)6-7-12/h4-7,13H2,1-3H3. The predicted octanol–water partition coefficient (Wildman–Crippen LogP) is 1.23. The molecule has 0 atom stereocenters. The molecule has 94 valence electrons. The molecule has 0 amide bonds. The molecule has 17 heavy (non-hydrogen) atoms. The molecule has 1 aromatic rings. The van der Waals surface area contributed by atoms with Gasteiger partial charge in [-0.3, -0.25) is 0 Å². The molecule has 2 N–H and O–H groups in total. The monoisotopic (exact) mass is 237 g/mol. The van der Waals surface area contributed by atoms with E-state index in [0.717, 1.165) is 42.8 Å². The highest BCUT2D eigenvalue weighted by Crippen LogP contribution is 2.37. The summed E-state index contributed by atoms with van der Waals surface area (Å²) in [7, 11) is 3.20. The van der Waals surface area contributed by atoms with Gasteiger partial charge in [-0.15, -0.1) is 0 Å². The minimum absolute atomic E-state index is 0.0249. The molecular formula is C12H19N3O2. The molecule has 0 unspecified atom stereocenters. The number of hydrogen-bond acceptors (Lipinski definition) is 5. The molecular weight excluding hydrogens is 218 g/mol. The maximum Gasteiger partial charge on any atom is 0.316 e. The topological polar surface area (TPSA) is 70.3 Å². The fraction of sp³-hybridized carbons (Fsp3) is 0.667. The number of nitrogens with zero attached hydrogens (tertiary/aromatic N) is 2. The van der Waals surface area contributed by atoms with Crippen LogP contribution in [-0.4, -0.2) is 29.7 Å². The van der Waals surface area contributed by atoms with Crippen molar-refractivity contribution >= 4 is 0 Å². The van der Waals surface area contributed by atoms with Crippen LogP contribution in [0.2, 0.25) is 0 Å². The molecule has 5 heteroatoms. The van der Waals surface area contributed by atoms with Crippen molar-refractivity contribution in [2.45, 2.75) is 38.1 Å². The maximum atomic E-state index is 6.08. The number of aryl methyl sites for hydroxylation is 2. The fourth-order valence-corrected chi connectivity index (χ4v) is 1.90. The Hall–Kier alpha value is -1.36. The summed E-state index contributed by atoms with van der Waals surface area (Å²) in [5.41, 5.74) is 7.79. The van der Waals surface area contributed by atoms with Crippen LogP contribution in [0.5, 0.6) is 11.8 Å². The van der Waals surface area contributed by atoms with Gasteiger partial charge in [0, 0.05) is 5.54 Å². The average molecular weight is 237 g/mol. The van der Waals surface area contributed by atoms with E-state index in [1.54, 1.807) is 14.2 Å². The van der Waals surface area contributed by atoms with Gasteiger partial charge in [-0.05, 0) is 32.6 Å². The molecule has 1 aromatic heterocycles. The minimum atomic E-state index is 0.0249. The zero-order valence-electron chi connectivity index (χ0n) is 10.6. The number of ether oxygens (including phenoxy) is 2. The van der Waals surface area contributed by atoms with Crippen molar-refractivity contribution in [2.24, 2.45) is 5.73 Å². The van der Waals surface area contributed by atoms with Gasteiger partial charge in [-0.1, -0.05) is 0 Å². The van der Waals surface area contributed by atoms with Crippen LogP contribution in [0.3, 0.4) is 0 Å². The summed E-state index contributed by atoms with van der Waals surface area (Å²) < 4.78 is 10.4. The third-order valence-electron chi connectivity index (χ3n) is 3.22. The smallest absolute Gasteiger partial charge is 0.316 e. The Bertz CT molecular complexity index is 416. The number of aromatic nitrogens is 2. The Morgan fingerprint density at radius 2 is 1.94 bits per heavy atom. The lowest BCUT2D eigenvalue weighted by atomic mass is 10.1. The summed E-state index contributed by atoms with van der Waals surface area (Å²) in [6, 6.07) is 0.389. The van der Waals surface area contributed by atoms with Crippen LogP contribution in [0.25, 0.3) is 0 Å². The second-order valence-electron chi connectivity index (χ2n) is 4.64. The number of nitrogens with two attached hydrogens (primary N) is 1. The zero-order valence-corrected chi connectivity index (χ0v) is 10.6. The van der Waals surface area contributed by atoms with Crippen molar-refractivity contribution in [2.75, 3.05) is 14.2 Å². The Labute approximate surface area is 101 Å². The minimum Gasteiger partial charge on any atom is -0.493 e. The van der Waals surface area contributed by atoms with Crippen LogP contribution in [-0.2, 0) is 6.42 Å². The summed E-state index contributed by atoms with van der Waals surface area (Å²) in [5, 5.41) is 0. The van der Waals surface area contributed by atoms with Gasteiger partial charge in [-0.2, -0.15) is 9.97 Å². The van der Waals surface area contributed by atoms with Crippen molar-refractivity contribution in [1.29, 1.82) is 0 Å². The molecule has 1 aliphatic carbocycles. The summed E-state index contributed by atoms with van der Waals surface area (Å²) in [6.07, 6.45) is 3.95. The lowest BCUT2D eigenvalue weighted by Gasteiger charge is -2.13. The summed E-state index contributed by atoms with van der Waals surface area (Å²) in [5.74, 6) is 0.745. The zero-order chi connectivity index (χ0) is 12.5. The Balaban J connectivity index is 2.19. The van der Waals surface area contributed by atoms with Gasteiger partial charge in [-0.25, -0.2) is 0 Å². The second kappa shape index (κ2) is 4.49. The van der Waals surface area contributed by atoms with Gasteiger partial charge in [0.2, 0.25) is 0 Å². The second-order valence-corrected chi connectivity index (χ2v) is 4.64. The number of hydrogen-bond donors (Lipinski definition) is 1. The molecule has 1 heterocycles. The quantitative estimate of drug-likeness (QED) is 0.834. The Kier molecular flexibility index (Phi) is 3.19. The summed E-state index contributed by atoms with van der Waals surface area (Å²) >= 11 is 0. The fourth-order valence-electron chi connectivity index (χ4n) is 1.90. The van der Waals surface area contributed by atoms with Gasteiger partial charge in [0.1, 0.15) is 0 Å². The summed E-state index contributed by atoms with van der Waals surface area (Å²) in [6.45, 7) is 1.89. The molecule has 5 nitrogen and oxygen atoms in total. The molecule has 2 rings (SSSR count). The van der Waals surface area contributed by atoms with E-state index in [-0.39, 0.29) is 5.54 Å². The van der Waals surface area contributed by atoms with Gasteiger partial charge in [0.15, 0.2) is 5.75 Å². The van der Waals surface area contributed by atoms with E-state index in [9.17, 15) is 0 Å². The largest absolute Gasteiger partial charge is 0.493 e. The SMILES string of the molecule is COc1nc(C)c(OC)c(CCC2(N)CC2)n1. The molecule has 0 radical (unpaired) electrons. The van der Waals surface area contributed by atoms with Crippen molar-refractivity contribution < 1.29 is 9.47 Å². The van der Waals surface area contributed by atoms with Gasteiger partial charge in [0.25, 0.3) is 0 Å².